The summed E-state index contributed by atoms with van der Waals surface area (Å²) in [4.78, 5) is 2.50. The molecule has 1 rings (SSSR count). The van der Waals surface area contributed by atoms with Gasteiger partial charge < -0.3 is 5.32 Å². The van der Waals surface area contributed by atoms with E-state index in [0.29, 0.717) is 6.04 Å². The van der Waals surface area contributed by atoms with Gasteiger partial charge in [-0.05, 0) is 20.3 Å². The van der Waals surface area contributed by atoms with Crippen molar-refractivity contribution in [1.29, 1.82) is 0 Å². The highest BCUT2D eigenvalue weighted by atomic mass is 15.2. The largest absolute Gasteiger partial charge is 0.309 e. The zero-order chi connectivity index (χ0) is 10.6. The van der Waals surface area contributed by atoms with Crippen molar-refractivity contribution < 1.29 is 0 Å². The topological polar surface area (TPSA) is 15.3 Å². The fourth-order valence-corrected chi connectivity index (χ4v) is 1.93. The SMILES string of the molecule is C#CCCN1CC(C)(CC)NCC1C. The Morgan fingerprint density at radius 3 is 2.93 bits per heavy atom. The predicted octanol–water partition coefficient (Wildman–Crippen LogP) is 1.47. The lowest BCUT2D eigenvalue weighted by molar-refractivity contribution is 0.0955. The molecule has 0 amide bonds. The average molecular weight is 194 g/mol. The van der Waals surface area contributed by atoms with Crippen molar-refractivity contribution >= 4 is 0 Å². The summed E-state index contributed by atoms with van der Waals surface area (Å²) >= 11 is 0. The van der Waals surface area contributed by atoms with Crippen LogP contribution in [-0.4, -0.2) is 36.1 Å². The molecule has 80 valence electrons. The molecule has 0 bridgehead atoms. The van der Waals surface area contributed by atoms with Crippen LogP contribution in [0, 0.1) is 12.3 Å². The van der Waals surface area contributed by atoms with Crippen LogP contribution in [0.25, 0.3) is 0 Å². The van der Waals surface area contributed by atoms with Crippen molar-refractivity contribution in [3.8, 4) is 12.3 Å². The zero-order valence-electron chi connectivity index (χ0n) is 9.64. The van der Waals surface area contributed by atoms with E-state index in [9.17, 15) is 0 Å². The smallest absolute Gasteiger partial charge is 0.0278 e. The molecule has 0 spiro atoms. The molecule has 2 unspecified atom stereocenters. The third-order valence-electron chi connectivity index (χ3n) is 3.32. The Balaban J connectivity index is 2.51. The number of terminal acetylenes is 1. The molecular weight excluding hydrogens is 172 g/mol. The maximum Gasteiger partial charge on any atom is 0.0278 e. The van der Waals surface area contributed by atoms with Crippen LogP contribution in [0.4, 0.5) is 0 Å². The first-order chi connectivity index (χ1) is 6.61. The molecule has 0 aromatic carbocycles. The van der Waals surface area contributed by atoms with E-state index in [1.54, 1.807) is 0 Å². The van der Waals surface area contributed by atoms with Gasteiger partial charge in [-0.25, -0.2) is 0 Å². The second-order valence-corrected chi connectivity index (χ2v) is 4.57. The standard InChI is InChI=1S/C12H22N2/c1-5-7-8-14-10-12(4,6-2)13-9-11(14)3/h1,11,13H,6-10H2,2-4H3. The lowest BCUT2D eigenvalue weighted by Crippen LogP contribution is -2.61. The summed E-state index contributed by atoms with van der Waals surface area (Å²) in [6, 6.07) is 0.614. The van der Waals surface area contributed by atoms with Crippen LogP contribution < -0.4 is 5.32 Å². The van der Waals surface area contributed by atoms with E-state index >= 15 is 0 Å². The van der Waals surface area contributed by atoms with Crippen molar-refractivity contribution in [1.82, 2.24) is 10.2 Å². The van der Waals surface area contributed by atoms with Gasteiger partial charge in [0, 0.05) is 37.6 Å². The molecule has 2 heteroatoms. The first-order valence-corrected chi connectivity index (χ1v) is 5.54. The van der Waals surface area contributed by atoms with Crippen LogP contribution >= 0.6 is 0 Å². The molecule has 2 nitrogen and oxygen atoms in total. The maximum absolute atomic E-state index is 5.30. The Kier molecular flexibility index (Phi) is 3.97. The van der Waals surface area contributed by atoms with Crippen molar-refractivity contribution in [3.05, 3.63) is 0 Å². The summed E-state index contributed by atoms with van der Waals surface area (Å²) in [7, 11) is 0. The summed E-state index contributed by atoms with van der Waals surface area (Å²) in [5.41, 5.74) is 0.279. The van der Waals surface area contributed by atoms with Crippen LogP contribution in [0.5, 0.6) is 0 Å². The highest BCUT2D eigenvalue weighted by Crippen LogP contribution is 2.18. The van der Waals surface area contributed by atoms with Crippen molar-refractivity contribution in [2.45, 2.75) is 45.2 Å². The molecule has 1 heterocycles. The molecule has 0 aromatic rings. The third kappa shape index (κ3) is 2.73. The molecule has 0 aromatic heterocycles. The van der Waals surface area contributed by atoms with E-state index in [-0.39, 0.29) is 5.54 Å². The van der Waals surface area contributed by atoms with Gasteiger partial charge in [-0.2, -0.15) is 0 Å². The van der Waals surface area contributed by atoms with E-state index in [2.05, 4.69) is 36.9 Å². The third-order valence-corrected chi connectivity index (χ3v) is 3.32. The zero-order valence-corrected chi connectivity index (χ0v) is 9.64. The Bertz CT molecular complexity index is 219. The molecule has 1 saturated heterocycles. The summed E-state index contributed by atoms with van der Waals surface area (Å²) in [5.74, 6) is 2.72. The Morgan fingerprint density at radius 1 is 1.64 bits per heavy atom. The fourth-order valence-electron chi connectivity index (χ4n) is 1.93. The van der Waals surface area contributed by atoms with Gasteiger partial charge in [0.05, 0.1) is 0 Å². The van der Waals surface area contributed by atoms with Crippen LogP contribution in [-0.2, 0) is 0 Å². The van der Waals surface area contributed by atoms with Crippen LogP contribution in [0.3, 0.4) is 0 Å². The Morgan fingerprint density at radius 2 is 2.36 bits per heavy atom. The second kappa shape index (κ2) is 4.82. The Labute approximate surface area is 88.1 Å². The van der Waals surface area contributed by atoms with Gasteiger partial charge in [-0.3, -0.25) is 4.90 Å². The van der Waals surface area contributed by atoms with Gasteiger partial charge in [0.15, 0.2) is 0 Å². The number of hydrogen-bond donors (Lipinski definition) is 1. The monoisotopic (exact) mass is 194 g/mol. The molecular formula is C12H22N2. The van der Waals surface area contributed by atoms with Crippen LogP contribution in [0.1, 0.15) is 33.6 Å². The van der Waals surface area contributed by atoms with E-state index in [1.807, 2.05) is 0 Å². The van der Waals surface area contributed by atoms with Crippen molar-refractivity contribution in [2.24, 2.45) is 0 Å². The highest BCUT2D eigenvalue weighted by Gasteiger charge is 2.31. The van der Waals surface area contributed by atoms with Crippen LogP contribution in [0.2, 0.25) is 0 Å². The highest BCUT2D eigenvalue weighted by molar-refractivity contribution is 4.94. The lowest BCUT2D eigenvalue weighted by atomic mass is 9.94. The first-order valence-electron chi connectivity index (χ1n) is 5.54. The van der Waals surface area contributed by atoms with Gasteiger partial charge in [0.25, 0.3) is 0 Å². The van der Waals surface area contributed by atoms with Crippen molar-refractivity contribution in [3.63, 3.8) is 0 Å². The van der Waals surface area contributed by atoms with Crippen LogP contribution in [0.15, 0.2) is 0 Å². The predicted molar refractivity (Wildman–Crippen MR) is 61.2 cm³/mol. The molecule has 1 N–H and O–H groups in total. The van der Waals surface area contributed by atoms with E-state index in [4.69, 9.17) is 6.42 Å². The molecule has 1 aliphatic rings. The second-order valence-electron chi connectivity index (χ2n) is 4.57. The minimum Gasteiger partial charge on any atom is -0.309 e. The van der Waals surface area contributed by atoms with E-state index in [0.717, 1.165) is 26.1 Å². The van der Waals surface area contributed by atoms with Gasteiger partial charge in [-0.15, -0.1) is 12.3 Å². The number of nitrogens with one attached hydrogen (secondary N) is 1. The van der Waals surface area contributed by atoms with E-state index < -0.39 is 0 Å². The number of piperazine rings is 1. The fraction of sp³-hybridized carbons (Fsp3) is 0.833. The first kappa shape index (κ1) is 11.6. The number of hydrogen-bond acceptors (Lipinski definition) is 2. The van der Waals surface area contributed by atoms with Gasteiger partial charge in [0.1, 0.15) is 0 Å². The number of rotatable bonds is 3. The molecule has 2 atom stereocenters. The molecule has 1 aliphatic heterocycles. The average Bonchev–Trinajstić information content (AvgIpc) is 2.20. The quantitative estimate of drug-likeness (QED) is 0.685. The maximum atomic E-state index is 5.30. The van der Waals surface area contributed by atoms with Gasteiger partial charge in [-0.1, -0.05) is 6.92 Å². The molecule has 1 fully saturated rings. The summed E-state index contributed by atoms with van der Waals surface area (Å²) in [5, 5.41) is 3.61. The summed E-state index contributed by atoms with van der Waals surface area (Å²) in [6.07, 6.45) is 7.34. The molecule has 0 aliphatic carbocycles. The Hall–Kier alpha value is -0.520. The summed E-state index contributed by atoms with van der Waals surface area (Å²) in [6.45, 7) is 10.0. The number of nitrogens with zero attached hydrogens (tertiary/aromatic N) is 1. The lowest BCUT2D eigenvalue weighted by Gasteiger charge is -2.44. The molecule has 14 heavy (non-hydrogen) atoms. The molecule has 0 radical (unpaired) electrons. The minimum atomic E-state index is 0.279. The molecule has 0 saturated carbocycles. The minimum absolute atomic E-state index is 0.279. The van der Waals surface area contributed by atoms with Gasteiger partial charge in [0.2, 0.25) is 0 Å². The normalized spacial score (nSPS) is 34.0. The van der Waals surface area contributed by atoms with E-state index in [1.165, 1.54) is 6.42 Å². The summed E-state index contributed by atoms with van der Waals surface area (Å²) < 4.78 is 0. The van der Waals surface area contributed by atoms with Gasteiger partial charge >= 0.3 is 0 Å². The van der Waals surface area contributed by atoms with Crippen molar-refractivity contribution in [2.75, 3.05) is 19.6 Å².